The molecule has 11 atom stereocenters. The SMILES string of the molecule is Cc1ccc(NC(=O)[C@@H]2[C@@H]3C=C[C@]4(O3)[C@@H]2C(=O)N([C@@H]2CCC[C@H](C)[C@H]2C)[C@H]4C(=O)N[C@@H]2CCC[C@H](C)[C@@H]2C)cc1Cl. The summed E-state index contributed by atoms with van der Waals surface area (Å²) in [5, 5.41) is 6.93. The molecule has 2 saturated heterocycles. The van der Waals surface area contributed by atoms with E-state index < -0.39 is 29.6 Å². The van der Waals surface area contributed by atoms with Crippen molar-refractivity contribution < 1.29 is 19.1 Å². The van der Waals surface area contributed by atoms with Crippen LogP contribution >= 0.6 is 11.6 Å². The van der Waals surface area contributed by atoms with Crippen LogP contribution in [-0.4, -0.2) is 52.5 Å². The zero-order valence-electron chi connectivity index (χ0n) is 24.9. The molecule has 1 aromatic rings. The first-order valence-electron chi connectivity index (χ1n) is 15.6. The molecule has 1 spiro atoms. The maximum Gasteiger partial charge on any atom is 0.246 e. The number of benzene rings is 1. The van der Waals surface area contributed by atoms with Gasteiger partial charge in [-0.2, -0.15) is 0 Å². The third kappa shape index (κ3) is 4.62. The Balaban J connectivity index is 1.34. The van der Waals surface area contributed by atoms with Crippen LogP contribution < -0.4 is 10.6 Å². The Labute approximate surface area is 248 Å². The van der Waals surface area contributed by atoms with E-state index in [9.17, 15) is 14.4 Å². The molecule has 7 nitrogen and oxygen atoms in total. The van der Waals surface area contributed by atoms with Crippen molar-refractivity contribution in [3.63, 3.8) is 0 Å². The molecule has 222 valence electrons. The van der Waals surface area contributed by atoms with E-state index in [1.54, 1.807) is 6.07 Å². The Morgan fingerprint density at radius 3 is 2.44 bits per heavy atom. The number of hydrogen-bond acceptors (Lipinski definition) is 4. The van der Waals surface area contributed by atoms with E-state index in [4.69, 9.17) is 16.3 Å². The van der Waals surface area contributed by atoms with Crippen LogP contribution in [0.25, 0.3) is 0 Å². The van der Waals surface area contributed by atoms with Gasteiger partial charge < -0.3 is 20.3 Å². The van der Waals surface area contributed by atoms with Crippen molar-refractivity contribution in [2.24, 2.45) is 35.5 Å². The zero-order chi connectivity index (χ0) is 29.2. The van der Waals surface area contributed by atoms with Crippen LogP contribution in [0.3, 0.4) is 0 Å². The van der Waals surface area contributed by atoms with Gasteiger partial charge in [0, 0.05) is 22.8 Å². The summed E-state index contributed by atoms with van der Waals surface area (Å²) in [6.07, 6.45) is 9.42. The molecule has 2 bridgehead atoms. The monoisotopic (exact) mass is 581 g/mol. The molecule has 0 radical (unpaired) electrons. The molecule has 0 unspecified atom stereocenters. The number of hydrogen-bond donors (Lipinski definition) is 2. The molecule has 3 aliphatic heterocycles. The number of halogens is 1. The van der Waals surface area contributed by atoms with Crippen molar-refractivity contribution >= 4 is 35.0 Å². The van der Waals surface area contributed by atoms with Gasteiger partial charge in [0.05, 0.1) is 17.9 Å². The topological polar surface area (TPSA) is 87.7 Å². The molecule has 6 rings (SSSR count). The van der Waals surface area contributed by atoms with E-state index in [0.717, 1.165) is 37.7 Å². The minimum absolute atomic E-state index is 0.0642. The molecule has 8 heteroatoms. The first-order chi connectivity index (χ1) is 19.5. The zero-order valence-corrected chi connectivity index (χ0v) is 25.6. The van der Waals surface area contributed by atoms with Crippen LogP contribution in [0.2, 0.25) is 5.02 Å². The molecular formula is C33H44ClN3O4. The van der Waals surface area contributed by atoms with Gasteiger partial charge in [-0.25, -0.2) is 0 Å². The highest BCUT2D eigenvalue weighted by Gasteiger charge is 2.73. The van der Waals surface area contributed by atoms with Gasteiger partial charge in [0.1, 0.15) is 11.6 Å². The first-order valence-corrected chi connectivity index (χ1v) is 16.0. The largest absolute Gasteiger partial charge is 0.359 e. The fraction of sp³-hybridized carbons (Fsp3) is 0.667. The lowest BCUT2D eigenvalue weighted by Crippen LogP contribution is -2.61. The number of ether oxygens (including phenoxy) is 1. The van der Waals surface area contributed by atoms with E-state index in [1.807, 2.05) is 36.1 Å². The van der Waals surface area contributed by atoms with Crippen molar-refractivity contribution in [2.75, 3.05) is 5.32 Å². The summed E-state index contributed by atoms with van der Waals surface area (Å²) in [5.74, 6) is -0.447. The second-order valence-electron chi connectivity index (χ2n) is 13.6. The number of carbonyl (C=O) groups excluding carboxylic acids is 3. The highest BCUT2D eigenvalue weighted by atomic mass is 35.5. The lowest BCUT2D eigenvalue weighted by molar-refractivity contribution is -0.146. The number of aryl methyl sites for hydroxylation is 1. The number of fused-ring (bicyclic) bond motifs is 1. The van der Waals surface area contributed by atoms with Gasteiger partial charge in [0.25, 0.3) is 0 Å². The number of carbonyl (C=O) groups is 3. The molecule has 3 amide bonds. The van der Waals surface area contributed by atoms with Gasteiger partial charge in [-0.3, -0.25) is 14.4 Å². The van der Waals surface area contributed by atoms with Crippen molar-refractivity contribution in [1.29, 1.82) is 0 Å². The predicted molar refractivity (Wildman–Crippen MR) is 159 cm³/mol. The summed E-state index contributed by atoms with van der Waals surface area (Å²) in [5.41, 5.74) is 0.351. The van der Waals surface area contributed by atoms with E-state index in [2.05, 4.69) is 38.3 Å². The molecule has 41 heavy (non-hydrogen) atoms. The number of amides is 3. The molecule has 0 aromatic heterocycles. The summed E-state index contributed by atoms with van der Waals surface area (Å²) in [6, 6.07) is 4.60. The molecule has 4 fully saturated rings. The number of nitrogens with one attached hydrogen (secondary N) is 2. The van der Waals surface area contributed by atoms with E-state index in [-0.39, 0.29) is 35.7 Å². The van der Waals surface area contributed by atoms with Crippen molar-refractivity contribution in [1.82, 2.24) is 10.2 Å². The summed E-state index contributed by atoms with van der Waals surface area (Å²) in [4.78, 5) is 44.6. The van der Waals surface area contributed by atoms with Crippen LogP contribution in [0.1, 0.15) is 71.8 Å². The van der Waals surface area contributed by atoms with Gasteiger partial charge in [0.2, 0.25) is 17.7 Å². The highest BCUT2D eigenvalue weighted by Crippen LogP contribution is 2.57. The molecular weight excluding hydrogens is 538 g/mol. The highest BCUT2D eigenvalue weighted by molar-refractivity contribution is 6.31. The summed E-state index contributed by atoms with van der Waals surface area (Å²) in [7, 11) is 0. The van der Waals surface area contributed by atoms with Gasteiger partial charge in [-0.15, -0.1) is 0 Å². The minimum Gasteiger partial charge on any atom is -0.359 e. The Hall–Kier alpha value is -2.38. The second-order valence-corrected chi connectivity index (χ2v) is 14.0. The molecule has 5 aliphatic rings. The van der Waals surface area contributed by atoms with E-state index in [0.29, 0.717) is 28.5 Å². The average molecular weight is 582 g/mol. The van der Waals surface area contributed by atoms with Crippen LogP contribution in [0.5, 0.6) is 0 Å². The fourth-order valence-corrected chi connectivity index (χ4v) is 8.63. The maximum atomic E-state index is 14.5. The van der Waals surface area contributed by atoms with Gasteiger partial charge in [-0.05, 0) is 61.1 Å². The van der Waals surface area contributed by atoms with Gasteiger partial charge >= 0.3 is 0 Å². The molecule has 2 N–H and O–H groups in total. The smallest absolute Gasteiger partial charge is 0.246 e. The molecule has 3 heterocycles. The normalized spacial score (nSPS) is 41.4. The predicted octanol–water partition coefficient (Wildman–Crippen LogP) is 5.50. The first kappa shape index (κ1) is 28.7. The lowest BCUT2D eigenvalue weighted by Gasteiger charge is -2.44. The number of rotatable bonds is 5. The number of nitrogens with zero attached hydrogens (tertiary/aromatic N) is 1. The third-order valence-corrected chi connectivity index (χ3v) is 11.8. The fourth-order valence-electron chi connectivity index (χ4n) is 8.45. The Morgan fingerprint density at radius 2 is 1.71 bits per heavy atom. The van der Waals surface area contributed by atoms with Crippen LogP contribution in [0.15, 0.2) is 30.4 Å². The van der Waals surface area contributed by atoms with Crippen LogP contribution in [0.4, 0.5) is 5.69 Å². The second kappa shape index (κ2) is 10.7. The van der Waals surface area contributed by atoms with Crippen molar-refractivity contribution in [2.45, 2.75) is 103 Å². The van der Waals surface area contributed by atoms with Gasteiger partial charge in [0.15, 0.2) is 0 Å². The average Bonchev–Trinajstić information content (AvgIpc) is 3.58. The summed E-state index contributed by atoms with van der Waals surface area (Å²) in [6.45, 7) is 10.8. The number of anilines is 1. The maximum absolute atomic E-state index is 14.5. The molecule has 1 aromatic carbocycles. The minimum atomic E-state index is -1.15. The lowest BCUT2D eigenvalue weighted by atomic mass is 9.73. The Kier molecular flexibility index (Phi) is 7.51. The number of likely N-dealkylation sites (tertiary alicyclic amines) is 1. The van der Waals surface area contributed by atoms with Crippen molar-refractivity contribution in [3.8, 4) is 0 Å². The Morgan fingerprint density at radius 1 is 1.00 bits per heavy atom. The van der Waals surface area contributed by atoms with Crippen molar-refractivity contribution in [3.05, 3.63) is 40.9 Å². The van der Waals surface area contributed by atoms with E-state index in [1.165, 1.54) is 6.42 Å². The third-order valence-electron chi connectivity index (χ3n) is 11.4. The quantitative estimate of drug-likeness (QED) is 0.449. The standard InChI is InChI=1S/C33H44ClN3O4/c1-17-8-6-10-24(20(17)4)36-31(39)29-33-15-14-26(41-33)27(30(38)35-22-13-12-19(3)23(34)16-22)28(33)32(40)37(29)25-11-7-9-18(2)21(25)5/h12-18,20-21,24-29H,6-11H2,1-5H3,(H,35,38)(H,36,39)/t17-,18-,20-,21+,24+,25+,26-,27+,28-,29-,33-/m0/s1. The van der Waals surface area contributed by atoms with Crippen LogP contribution in [-0.2, 0) is 19.1 Å². The Bertz CT molecular complexity index is 1270. The van der Waals surface area contributed by atoms with Gasteiger partial charge in [-0.1, -0.05) is 83.2 Å². The summed E-state index contributed by atoms with van der Waals surface area (Å²) < 4.78 is 6.60. The molecule has 2 saturated carbocycles. The van der Waals surface area contributed by atoms with E-state index >= 15 is 0 Å². The molecule has 2 aliphatic carbocycles. The van der Waals surface area contributed by atoms with Crippen LogP contribution in [0, 0.1) is 42.4 Å². The summed E-state index contributed by atoms with van der Waals surface area (Å²) >= 11 is 6.32.